The molecule has 152 valence electrons. The quantitative estimate of drug-likeness (QED) is 0.571. The van der Waals surface area contributed by atoms with Crippen LogP contribution in [0.25, 0.3) is 0 Å². The fourth-order valence-corrected chi connectivity index (χ4v) is 4.78. The minimum atomic E-state index is -3.67. The minimum absolute atomic E-state index is 0.254. The topological polar surface area (TPSA) is 66.5 Å². The van der Waals surface area contributed by atoms with Crippen LogP contribution in [-0.4, -0.2) is 39.4 Å². The van der Waals surface area contributed by atoms with E-state index in [2.05, 4.69) is 24.4 Å². The molecule has 2 rings (SSSR count). The lowest BCUT2D eigenvalue weighted by Crippen LogP contribution is -2.41. The molecule has 5 nitrogen and oxygen atoms in total. The van der Waals surface area contributed by atoms with Crippen LogP contribution in [0.15, 0.2) is 42.5 Å². The average molecular weight is 461 g/mol. The summed E-state index contributed by atoms with van der Waals surface area (Å²) in [5.41, 5.74) is 2.76. The third-order valence-electron chi connectivity index (χ3n) is 3.91. The standard InChI is InChI=1S/C19H22Cl2N2O3S2/c1-14-5-3-4-6-15(14)13-27-8-7-22-19(24)12-23(28(2,25)26)18-10-16(20)9-17(21)11-18/h3-6,9-11H,7-8,12-13H2,1-2H3,(H,22,24). The van der Waals surface area contributed by atoms with Gasteiger partial charge in [0, 0.05) is 28.1 Å². The molecule has 2 aromatic carbocycles. The number of nitrogens with one attached hydrogen (secondary N) is 1. The Morgan fingerprint density at radius 1 is 1.14 bits per heavy atom. The number of nitrogens with zero attached hydrogens (tertiary/aromatic N) is 1. The van der Waals surface area contributed by atoms with Gasteiger partial charge in [-0.15, -0.1) is 0 Å². The maximum Gasteiger partial charge on any atom is 0.240 e. The van der Waals surface area contributed by atoms with E-state index in [1.807, 2.05) is 12.1 Å². The van der Waals surface area contributed by atoms with Crippen LogP contribution in [-0.2, 0) is 20.6 Å². The van der Waals surface area contributed by atoms with E-state index >= 15 is 0 Å². The van der Waals surface area contributed by atoms with Crippen molar-refractivity contribution < 1.29 is 13.2 Å². The van der Waals surface area contributed by atoms with Crippen molar-refractivity contribution in [3.8, 4) is 0 Å². The van der Waals surface area contributed by atoms with Crippen LogP contribution in [0, 0.1) is 6.92 Å². The van der Waals surface area contributed by atoms with Crippen LogP contribution in [0.5, 0.6) is 0 Å². The molecule has 0 aliphatic carbocycles. The second-order valence-corrected chi connectivity index (χ2v) is 10.1. The SMILES string of the molecule is Cc1ccccc1CSCCNC(=O)CN(c1cc(Cl)cc(Cl)c1)S(C)(=O)=O. The van der Waals surface area contributed by atoms with Crippen molar-refractivity contribution in [1.82, 2.24) is 5.32 Å². The third kappa shape index (κ3) is 7.20. The Morgan fingerprint density at radius 2 is 1.79 bits per heavy atom. The predicted molar refractivity (Wildman–Crippen MR) is 119 cm³/mol. The van der Waals surface area contributed by atoms with E-state index in [-0.39, 0.29) is 12.2 Å². The number of anilines is 1. The average Bonchev–Trinajstić information content (AvgIpc) is 2.59. The van der Waals surface area contributed by atoms with E-state index in [0.717, 1.165) is 22.1 Å². The lowest BCUT2D eigenvalue weighted by atomic mass is 10.1. The van der Waals surface area contributed by atoms with Crippen molar-refractivity contribution in [2.45, 2.75) is 12.7 Å². The van der Waals surface area contributed by atoms with Gasteiger partial charge in [-0.05, 0) is 36.2 Å². The summed E-state index contributed by atoms with van der Waals surface area (Å²) in [5.74, 6) is 1.19. The summed E-state index contributed by atoms with van der Waals surface area (Å²) in [5, 5.41) is 3.34. The zero-order valence-corrected chi connectivity index (χ0v) is 18.8. The van der Waals surface area contributed by atoms with Gasteiger partial charge < -0.3 is 5.32 Å². The van der Waals surface area contributed by atoms with E-state index in [9.17, 15) is 13.2 Å². The van der Waals surface area contributed by atoms with Gasteiger partial charge in [0.25, 0.3) is 0 Å². The number of halogens is 2. The van der Waals surface area contributed by atoms with Crippen molar-refractivity contribution in [2.75, 3.05) is 29.4 Å². The molecule has 1 amide bonds. The van der Waals surface area contributed by atoms with Crippen LogP contribution in [0.2, 0.25) is 10.0 Å². The highest BCUT2D eigenvalue weighted by Gasteiger charge is 2.21. The second kappa shape index (κ2) is 10.4. The first-order chi connectivity index (χ1) is 13.2. The summed E-state index contributed by atoms with van der Waals surface area (Å²) in [6, 6.07) is 12.6. The van der Waals surface area contributed by atoms with Crippen LogP contribution >= 0.6 is 35.0 Å². The first kappa shape index (κ1) is 22.9. The summed E-state index contributed by atoms with van der Waals surface area (Å²) in [6.07, 6.45) is 1.03. The third-order valence-corrected chi connectivity index (χ3v) is 6.50. The first-order valence-corrected chi connectivity index (χ1v) is 12.3. The number of thioether (sulfide) groups is 1. The fraction of sp³-hybridized carbons (Fsp3) is 0.316. The number of hydrogen-bond donors (Lipinski definition) is 1. The van der Waals surface area contributed by atoms with Crippen molar-refractivity contribution in [3.05, 3.63) is 63.6 Å². The van der Waals surface area contributed by atoms with Gasteiger partial charge in [0.1, 0.15) is 6.54 Å². The van der Waals surface area contributed by atoms with Crippen LogP contribution < -0.4 is 9.62 Å². The summed E-state index contributed by atoms with van der Waals surface area (Å²) in [6.45, 7) is 2.18. The lowest BCUT2D eigenvalue weighted by Gasteiger charge is -2.22. The maximum atomic E-state index is 12.2. The van der Waals surface area contributed by atoms with Crippen molar-refractivity contribution in [2.24, 2.45) is 0 Å². The minimum Gasteiger partial charge on any atom is -0.354 e. The van der Waals surface area contributed by atoms with Gasteiger partial charge in [-0.1, -0.05) is 47.5 Å². The molecule has 0 bridgehead atoms. The summed E-state index contributed by atoms with van der Waals surface area (Å²) < 4.78 is 25.2. The smallest absolute Gasteiger partial charge is 0.240 e. The summed E-state index contributed by atoms with van der Waals surface area (Å²) in [7, 11) is -3.67. The Bertz CT molecular complexity index is 916. The van der Waals surface area contributed by atoms with E-state index in [1.165, 1.54) is 29.3 Å². The van der Waals surface area contributed by atoms with Gasteiger partial charge in [0.05, 0.1) is 11.9 Å². The number of rotatable bonds is 9. The van der Waals surface area contributed by atoms with Crippen molar-refractivity contribution in [1.29, 1.82) is 0 Å². The lowest BCUT2D eigenvalue weighted by molar-refractivity contribution is -0.119. The van der Waals surface area contributed by atoms with Crippen molar-refractivity contribution in [3.63, 3.8) is 0 Å². The fourth-order valence-electron chi connectivity index (χ4n) is 2.49. The molecule has 0 heterocycles. The van der Waals surface area contributed by atoms with Crippen LogP contribution in [0.3, 0.4) is 0 Å². The van der Waals surface area contributed by atoms with E-state index in [1.54, 1.807) is 11.8 Å². The van der Waals surface area contributed by atoms with E-state index in [0.29, 0.717) is 16.6 Å². The molecular weight excluding hydrogens is 439 g/mol. The monoisotopic (exact) mass is 460 g/mol. The zero-order chi connectivity index (χ0) is 20.7. The first-order valence-electron chi connectivity index (χ1n) is 8.49. The number of carbonyl (C=O) groups excluding carboxylic acids is 1. The molecule has 0 radical (unpaired) electrons. The molecule has 2 aromatic rings. The highest BCUT2D eigenvalue weighted by atomic mass is 35.5. The molecule has 0 aromatic heterocycles. The number of carbonyl (C=O) groups is 1. The molecular formula is C19H22Cl2N2O3S2. The van der Waals surface area contributed by atoms with Gasteiger partial charge in [-0.3, -0.25) is 9.10 Å². The molecule has 0 aliphatic heterocycles. The highest BCUT2D eigenvalue weighted by molar-refractivity contribution is 7.98. The van der Waals surface area contributed by atoms with Gasteiger partial charge in [-0.25, -0.2) is 8.42 Å². The number of amides is 1. The Labute approximate surface area is 180 Å². The maximum absolute atomic E-state index is 12.2. The van der Waals surface area contributed by atoms with Gasteiger partial charge in [0.2, 0.25) is 15.9 Å². The van der Waals surface area contributed by atoms with Crippen LogP contribution in [0.4, 0.5) is 5.69 Å². The Balaban J connectivity index is 1.87. The number of benzene rings is 2. The number of hydrogen-bond acceptors (Lipinski definition) is 4. The molecule has 1 N–H and O–H groups in total. The van der Waals surface area contributed by atoms with E-state index < -0.39 is 15.9 Å². The molecule has 0 spiro atoms. The van der Waals surface area contributed by atoms with Gasteiger partial charge in [0.15, 0.2) is 0 Å². The molecule has 0 aliphatic rings. The van der Waals surface area contributed by atoms with Gasteiger partial charge in [-0.2, -0.15) is 11.8 Å². The Hall–Kier alpha value is -1.41. The predicted octanol–water partition coefficient (Wildman–Crippen LogP) is 4.12. The molecule has 28 heavy (non-hydrogen) atoms. The molecule has 0 saturated carbocycles. The number of sulfonamides is 1. The normalized spacial score (nSPS) is 11.3. The zero-order valence-electron chi connectivity index (χ0n) is 15.6. The molecule has 0 atom stereocenters. The molecule has 9 heteroatoms. The Morgan fingerprint density at radius 3 is 2.39 bits per heavy atom. The summed E-state index contributed by atoms with van der Waals surface area (Å²) >= 11 is 13.6. The highest BCUT2D eigenvalue weighted by Crippen LogP contribution is 2.26. The van der Waals surface area contributed by atoms with Crippen LogP contribution in [0.1, 0.15) is 11.1 Å². The summed E-state index contributed by atoms with van der Waals surface area (Å²) in [4.78, 5) is 12.2. The van der Waals surface area contributed by atoms with Gasteiger partial charge >= 0.3 is 0 Å². The molecule has 0 unspecified atom stereocenters. The van der Waals surface area contributed by atoms with Crippen molar-refractivity contribution >= 4 is 56.6 Å². The second-order valence-electron chi connectivity index (χ2n) is 6.23. The Kier molecular flexibility index (Phi) is 8.49. The molecule has 0 fully saturated rings. The molecule has 0 saturated heterocycles. The van der Waals surface area contributed by atoms with E-state index in [4.69, 9.17) is 23.2 Å². The largest absolute Gasteiger partial charge is 0.354 e. The number of aryl methyl sites for hydroxylation is 1.